The number of hydrogen-bond donors (Lipinski definition) is 1. The Balaban J connectivity index is 1.37. The summed E-state index contributed by atoms with van der Waals surface area (Å²) in [6.07, 6.45) is 5.32. The summed E-state index contributed by atoms with van der Waals surface area (Å²) in [6.45, 7) is 3.68. The van der Waals surface area contributed by atoms with Gasteiger partial charge in [0.2, 0.25) is 5.91 Å². The van der Waals surface area contributed by atoms with E-state index in [1.807, 2.05) is 17.5 Å². The monoisotopic (exact) mass is 476 g/mol. The van der Waals surface area contributed by atoms with Crippen LogP contribution < -0.4 is 5.32 Å². The van der Waals surface area contributed by atoms with Gasteiger partial charge in [0.25, 0.3) is 5.91 Å². The van der Waals surface area contributed by atoms with Gasteiger partial charge in [-0.25, -0.2) is 4.98 Å². The largest absolute Gasteiger partial charge is 0.327 e. The fraction of sp³-hybridized carbons (Fsp3) is 0.476. The van der Waals surface area contributed by atoms with Crippen LogP contribution in [-0.4, -0.2) is 52.3 Å². The summed E-state index contributed by atoms with van der Waals surface area (Å²) in [7, 11) is 0. The number of nitrogens with zero attached hydrogens (tertiary/aromatic N) is 3. The molecule has 2 saturated heterocycles. The third-order valence-electron chi connectivity index (χ3n) is 5.52. The Hall–Kier alpha value is -1.77. The minimum atomic E-state index is -0.444. The van der Waals surface area contributed by atoms with Gasteiger partial charge in [-0.15, -0.1) is 11.3 Å². The van der Waals surface area contributed by atoms with Crippen molar-refractivity contribution in [3.05, 3.63) is 45.4 Å². The van der Waals surface area contributed by atoms with Gasteiger partial charge >= 0.3 is 0 Å². The number of thiazole rings is 1. The Bertz CT molecular complexity index is 864. The zero-order chi connectivity index (χ0) is 20.2. The van der Waals surface area contributed by atoms with Gasteiger partial charge in [-0.3, -0.25) is 14.5 Å². The van der Waals surface area contributed by atoms with Crippen molar-refractivity contribution in [2.75, 3.05) is 25.0 Å². The average Bonchev–Trinajstić information content (AvgIpc) is 3.38. The summed E-state index contributed by atoms with van der Waals surface area (Å²) in [6, 6.07) is 6.82. The number of anilines is 1. The summed E-state index contributed by atoms with van der Waals surface area (Å²) in [5.74, 6) is -0.244. The SMILES string of the molecule is O=C(Nc1nc(CN2CCCCC2)cs1)C1CCCN1C(=O)c1ccc(Br)cc1. The van der Waals surface area contributed by atoms with Crippen LogP contribution in [0.5, 0.6) is 0 Å². The van der Waals surface area contributed by atoms with Crippen LogP contribution >= 0.6 is 27.3 Å². The molecule has 0 saturated carbocycles. The molecular weight excluding hydrogens is 452 g/mol. The number of benzene rings is 1. The van der Waals surface area contributed by atoms with Gasteiger partial charge in [-0.2, -0.15) is 0 Å². The van der Waals surface area contributed by atoms with Crippen molar-refractivity contribution in [3.8, 4) is 0 Å². The number of nitrogens with one attached hydrogen (secondary N) is 1. The maximum absolute atomic E-state index is 12.9. The first-order valence-electron chi connectivity index (χ1n) is 10.1. The number of amides is 2. The van der Waals surface area contributed by atoms with E-state index < -0.39 is 6.04 Å². The van der Waals surface area contributed by atoms with Crippen molar-refractivity contribution in [2.45, 2.75) is 44.7 Å². The lowest BCUT2D eigenvalue weighted by Crippen LogP contribution is -2.43. The quantitative estimate of drug-likeness (QED) is 0.704. The van der Waals surface area contributed by atoms with Crippen LogP contribution in [0.15, 0.2) is 34.1 Å². The molecule has 29 heavy (non-hydrogen) atoms. The highest BCUT2D eigenvalue weighted by Crippen LogP contribution is 2.24. The van der Waals surface area contributed by atoms with Gasteiger partial charge in [0.15, 0.2) is 5.13 Å². The predicted octanol–water partition coefficient (Wildman–Crippen LogP) is 4.13. The summed E-state index contributed by atoms with van der Waals surface area (Å²) in [5.41, 5.74) is 1.60. The second-order valence-electron chi connectivity index (χ2n) is 7.63. The number of carbonyl (C=O) groups is 2. The normalized spacial score (nSPS) is 20.0. The molecule has 8 heteroatoms. The van der Waals surface area contributed by atoms with Crippen LogP contribution in [0.4, 0.5) is 5.13 Å². The number of rotatable bonds is 5. The Kier molecular flexibility index (Phi) is 6.62. The van der Waals surface area contributed by atoms with E-state index in [-0.39, 0.29) is 11.8 Å². The Morgan fingerprint density at radius 1 is 1.10 bits per heavy atom. The number of likely N-dealkylation sites (tertiary alicyclic amines) is 2. The van der Waals surface area contributed by atoms with E-state index in [1.165, 1.54) is 30.6 Å². The van der Waals surface area contributed by atoms with Crippen molar-refractivity contribution < 1.29 is 9.59 Å². The molecule has 1 aromatic carbocycles. The molecule has 2 aliphatic rings. The van der Waals surface area contributed by atoms with Crippen LogP contribution in [-0.2, 0) is 11.3 Å². The summed E-state index contributed by atoms with van der Waals surface area (Å²) < 4.78 is 0.925. The van der Waals surface area contributed by atoms with E-state index in [4.69, 9.17) is 0 Å². The number of carbonyl (C=O) groups excluding carboxylic acids is 2. The molecular formula is C21H25BrN4O2S. The maximum atomic E-state index is 12.9. The average molecular weight is 477 g/mol. The number of piperidine rings is 1. The minimum absolute atomic E-state index is 0.0972. The third kappa shape index (κ3) is 5.05. The molecule has 0 bridgehead atoms. The van der Waals surface area contributed by atoms with Crippen molar-refractivity contribution in [3.63, 3.8) is 0 Å². The first-order valence-corrected chi connectivity index (χ1v) is 11.8. The Morgan fingerprint density at radius 3 is 2.62 bits per heavy atom. The molecule has 1 unspecified atom stereocenters. The number of halogens is 1. The highest BCUT2D eigenvalue weighted by Gasteiger charge is 2.34. The number of hydrogen-bond acceptors (Lipinski definition) is 5. The van der Waals surface area contributed by atoms with Gasteiger partial charge in [-0.05, 0) is 63.0 Å². The molecule has 0 radical (unpaired) electrons. The zero-order valence-corrected chi connectivity index (χ0v) is 18.7. The first-order chi connectivity index (χ1) is 14.1. The molecule has 2 amide bonds. The van der Waals surface area contributed by atoms with Gasteiger partial charge < -0.3 is 10.2 Å². The van der Waals surface area contributed by atoms with Gasteiger partial charge in [0, 0.05) is 28.5 Å². The molecule has 2 aliphatic heterocycles. The molecule has 4 rings (SSSR count). The molecule has 3 heterocycles. The molecule has 0 spiro atoms. The second-order valence-corrected chi connectivity index (χ2v) is 9.41. The summed E-state index contributed by atoms with van der Waals surface area (Å²) >= 11 is 4.84. The molecule has 1 N–H and O–H groups in total. The van der Waals surface area contributed by atoms with Crippen LogP contribution in [0.1, 0.15) is 48.2 Å². The van der Waals surface area contributed by atoms with E-state index in [9.17, 15) is 9.59 Å². The van der Waals surface area contributed by atoms with Crippen molar-refractivity contribution in [2.24, 2.45) is 0 Å². The van der Waals surface area contributed by atoms with Gasteiger partial charge in [0.1, 0.15) is 6.04 Å². The lowest BCUT2D eigenvalue weighted by molar-refractivity contribution is -0.119. The van der Waals surface area contributed by atoms with Crippen LogP contribution in [0, 0.1) is 0 Å². The lowest BCUT2D eigenvalue weighted by atomic mass is 10.1. The zero-order valence-electron chi connectivity index (χ0n) is 16.3. The highest BCUT2D eigenvalue weighted by atomic mass is 79.9. The lowest BCUT2D eigenvalue weighted by Gasteiger charge is -2.25. The standard InChI is InChI=1S/C21H25BrN4O2S/c22-16-8-6-15(7-9-16)20(28)26-12-4-5-18(26)19(27)24-21-23-17(14-29-21)13-25-10-2-1-3-11-25/h6-9,14,18H,1-5,10-13H2,(H,23,24,27). The Labute approximate surface area is 183 Å². The second kappa shape index (κ2) is 9.36. The van der Waals surface area contributed by atoms with Crippen LogP contribution in [0.2, 0.25) is 0 Å². The fourth-order valence-corrected chi connectivity index (χ4v) is 4.98. The molecule has 2 fully saturated rings. The van der Waals surface area contributed by atoms with Crippen molar-refractivity contribution in [1.29, 1.82) is 0 Å². The smallest absolute Gasteiger partial charge is 0.254 e. The number of aromatic nitrogens is 1. The minimum Gasteiger partial charge on any atom is -0.327 e. The summed E-state index contributed by atoms with van der Waals surface area (Å²) in [4.78, 5) is 34.4. The van der Waals surface area contributed by atoms with Crippen molar-refractivity contribution in [1.82, 2.24) is 14.8 Å². The first kappa shape index (κ1) is 20.5. The van der Waals surface area contributed by atoms with E-state index in [1.54, 1.807) is 17.0 Å². The van der Waals surface area contributed by atoms with E-state index in [0.717, 1.165) is 36.2 Å². The molecule has 0 aliphatic carbocycles. The van der Waals surface area contributed by atoms with E-state index in [0.29, 0.717) is 23.7 Å². The van der Waals surface area contributed by atoms with Crippen LogP contribution in [0.3, 0.4) is 0 Å². The summed E-state index contributed by atoms with van der Waals surface area (Å²) in [5, 5.41) is 5.57. The highest BCUT2D eigenvalue weighted by molar-refractivity contribution is 9.10. The van der Waals surface area contributed by atoms with Crippen LogP contribution in [0.25, 0.3) is 0 Å². The molecule has 154 valence electrons. The predicted molar refractivity (Wildman–Crippen MR) is 118 cm³/mol. The van der Waals surface area contributed by atoms with E-state index >= 15 is 0 Å². The fourth-order valence-electron chi connectivity index (χ4n) is 4.01. The Morgan fingerprint density at radius 2 is 1.86 bits per heavy atom. The topological polar surface area (TPSA) is 65.5 Å². The van der Waals surface area contributed by atoms with Gasteiger partial charge in [-0.1, -0.05) is 22.4 Å². The molecule has 1 aromatic heterocycles. The molecule has 1 atom stereocenters. The molecule has 2 aromatic rings. The maximum Gasteiger partial charge on any atom is 0.254 e. The van der Waals surface area contributed by atoms with E-state index in [2.05, 4.69) is 31.1 Å². The third-order valence-corrected chi connectivity index (χ3v) is 6.86. The van der Waals surface area contributed by atoms with Gasteiger partial charge in [0.05, 0.1) is 5.69 Å². The molecule has 6 nitrogen and oxygen atoms in total. The van der Waals surface area contributed by atoms with Crippen molar-refractivity contribution >= 4 is 44.2 Å².